The predicted octanol–water partition coefficient (Wildman–Crippen LogP) is 1.41. The maximum Gasteiger partial charge on any atom is 0.141 e. The van der Waals surface area contributed by atoms with Crippen molar-refractivity contribution in [3.8, 4) is 0 Å². The van der Waals surface area contributed by atoms with Gasteiger partial charge in [0.1, 0.15) is 17.0 Å². The molecule has 1 aliphatic heterocycles. The van der Waals surface area contributed by atoms with Gasteiger partial charge in [-0.05, 0) is 18.4 Å². The quantitative estimate of drug-likeness (QED) is 0.817. The summed E-state index contributed by atoms with van der Waals surface area (Å²) in [6.07, 6.45) is 1.68. The Morgan fingerprint density at radius 1 is 1.25 bits per heavy atom. The number of aryl methyl sites for hydroxylation is 1. The molecular weight excluding hydrogens is 258 g/mol. The molecule has 2 aromatic rings. The van der Waals surface area contributed by atoms with Crippen molar-refractivity contribution in [2.75, 3.05) is 0 Å². The van der Waals surface area contributed by atoms with Crippen molar-refractivity contribution in [1.29, 1.82) is 0 Å². The standard InChI is InChI=1S/C14H15N3O3/c18-14-8-11(9-4-2-1-3-5-9)17(19)12(14)7-6-10-13(14)16-20-15-10/h1-5,11-12,18-19H,6-8H2/t11-,12+,14-/m1/s1. The van der Waals surface area contributed by atoms with Gasteiger partial charge in [0.25, 0.3) is 0 Å². The van der Waals surface area contributed by atoms with Gasteiger partial charge in [0.2, 0.25) is 0 Å². The minimum atomic E-state index is -1.19. The highest BCUT2D eigenvalue weighted by Gasteiger charge is 2.57. The largest absolute Gasteiger partial charge is 0.382 e. The Morgan fingerprint density at radius 3 is 2.85 bits per heavy atom. The Kier molecular flexibility index (Phi) is 2.47. The maximum absolute atomic E-state index is 11.0. The van der Waals surface area contributed by atoms with Crippen LogP contribution >= 0.6 is 0 Å². The van der Waals surface area contributed by atoms with Crippen LogP contribution in [0.4, 0.5) is 0 Å². The summed E-state index contributed by atoms with van der Waals surface area (Å²) >= 11 is 0. The van der Waals surface area contributed by atoms with E-state index in [4.69, 9.17) is 4.63 Å². The minimum Gasteiger partial charge on any atom is -0.382 e. The monoisotopic (exact) mass is 273 g/mol. The van der Waals surface area contributed by atoms with Crippen LogP contribution in [0.2, 0.25) is 0 Å². The van der Waals surface area contributed by atoms with Crippen molar-refractivity contribution in [3.63, 3.8) is 0 Å². The van der Waals surface area contributed by atoms with Gasteiger partial charge in [0.15, 0.2) is 0 Å². The minimum absolute atomic E-state index is 0.242. The topological polar surface area (TPSA) is 82.6 Å². The van der Waals surface area contributed by atoms with Crippen LogP contribution in [0.25, 0.3) is 0 Å². The van der Waals surface area contributed by atoms with E-state index in [1.54, 1.807) is 0 Å². The molecule has 4 rings (SSSR count). The molecule has 104 valence electrons. The fourth-order valence-corrected chi connectivity index (χ4v) is 3.50. The number of hydrogen-bond donors (Lipinski definition) is 2. The molecule has 1 aromatic carbocycles. The third-order valence-electron chi connectivity index (χ3n) is 4.50. The summed E-state index contributed by atoms with van der Waals surface area (Å²) in [5, 5.41) is 30.4. The Labute approximate surface area is 115 Å². The van der Waals surface area contributed by atoms with Crippen LogP contribution in [0.15, 0.2) is 35.0 Å². The fourth-order valence-electron chi connectivity index (χ4n) is 3.50. The van der Waals surface area contributed by atoms with Gasteiger partial charge in [-0.1, -0.05) is 40.6 Å². The SMILES string of the molecule is ON1[C@@H](c2ccccc2)C[C@]2(O)c3nonc3CC[C@H]12. The third-order valence-corrected chi connectivity index (χ3v) is 4.50. The zero-order valence-electron chi connectivity index (χ0n) is 10.8. The lowest BCUT2D eigenvalue weighted by Crippen LogP contribution is -2.45. The van der Waals surface area contributed by atoms with Gasteiger partial charge in [-0.2, -0.15) is 5.06 Å². The number of fused-ring (bicyclic) bond motifs is 3. The van der Waals surface area contributed by atoms with Crippen molar-refractivity contribution >= 4 is 0 Å². The number of aliphatic hydroxyl groups is 1. The van der Waals surface area contributed by atoms with Crippen LogP contribution in [-0.2, 0) is 12.0 Å². The van der Waals surface area contributed by atoms with Crippen molar-refractivity contribution in [2.45, 2.75) is 36.9 Å². The van der Waals surface area contributed by atoms with E-state index in [1.807, 2.05) is 30.3 Å². The van der Waals surface area contributed by atoms with Crippen molar-refractivity contribution in [2.24, 2.45) is 0 Å². The molecule has 2 N–H and O–H groups in total. The Balaban J connectivity index is 1.76. The molecule has 3 atom stereocenters. The fraction of sp³-hybridized carbons (Fsp3) is 0.429. The first-order chi connectivity index (χ1) is 9.70. The number of rotatable bonds is 1. The molecule has 0 amide bonds. The second-order valence-electron chi connectivity index (χ2n) is 5.55. The van der Waals surface area contributed by atoms with Gasteiger partial charge >= 0.3 is 0 Å². The number of aromatic nitrogens is 2. The molecule has 0 radical (unpaired) electrons. The van der Waals surface area contributed by atoms with Crippen molar-refractivity contribution < 1.29 is 14.9 Å². The first kappa shape index (κ1) is 12.0. The molecule has 2 heterocycles. The van der Waals surface area contributed by atoms with Gasteiger partial charge in [-0.3, -0.25) is 0 Å². The summed E-state index contributed by atoms with van der Waals surface area (Å²) in [5.74, 6) is 0. The van der Waals surface area contributed by atoms with E-state index in [2.05, 4.69) is 10.3 Å². The van der Waals surface area contributed by atoms with E-state index >= 15 is 0 Å². The zero-order chi connectivity index (χ0) is 13.7. The average Bonchev–Trinajstić information content (AvgIpc) is 3.04. The molecule has 0 unspecified atom stereocenters. The van der Waals surface area contributed by atoms with Gasteiger partial charge < -0.3 is 10.3 Å². The molecule has 20 heavy (non-hydrogen) atoms. The second-order valence-corrected chi connectivity index (χ2v) is 5.55. The van der Waals surface area contributed by atoms with E-state index < -0.39 is 5.60 Å². The molecular formula is C14H15N3O3. The Morgan fingerprint density at radius 2 is 2.05 bits per heavy atom. The maximum atomic E-state index is 11.0. The highest BCUT2D eigenvalue weighted by molar-refractivity contribution is 5.30. The Bertz CT molecular complexity index is 630. The van der Waals surface area contributed by atoms with E-state index in [-0.39, 0.29) is 12.1 Å². The summed E-state index contributed by atoms with van der Waals surface area (Å²) < 4.78 is 4.76. The average molecular weight is 273 g/mol. The smallest absolute Gasteiger partial charge is 0.141 e. The lowest BCUT2D eigenvalue weighted by molar-refractivity contribution is -0.163. The van der Waals surface area contributed by atoms with Gasteiger partial charge in [-0.15, -0.1) is 0 Å². The summed E-state index contributed by atoms with van der Waals surface area (Å²) in [7, 11) is 0. The van der Waals surface area contributed by atoms with Crippen molar-refractivity contribution in [1.82, 2.24) is 15.4 Å². The van der Waals surface area contributed by atoms with E-state index in [1.165, 1.54) is 5.06 Å². The number of benzene rings is 1. The highest BCUT2D eigenvalue weighted by atomic mass is 16.6. The molecule has 0 saturated carbocycles. The number of hydroxylamine groups is 2. The van der Waals surface area contributed by atoms with Crippen LogP contribution in [0.3, 0.4) is 0 Å². The van der Waals surface area contributed by atoms with Gasteiger partial charge in [-0.25, -0.2) is 4.63 Å². The second kappa shape index (κ2) is 4.12. The molecule has 6 nitrogen and oxygen atoms in total. The predicted molar refractivity (Wildman–Crippen MR) is 67.7 cm³/mol. The summed E-state index contributed by atoms with van der Waals surface area (Å²) in [5.41, 5.74) is 0.968. The lowest BCUT2D eigenvalue weighted by Gasteiger charge is -2.33. The zero-order valence-corrected chi connectivity index (χ0v) is 10.8. The third kappa shape index (κ3) is 1.49. The lowest BCUT2D eigenvalue weighted by atomic mass is 9.80. The molecule has 1 saturated heterocycles. The van der Waals surface area contributed by atoms with Crippen LogP contribution in [0.1, 0.15) is 35.8 Å². The molecule has 1 aliphatic carbocycles. The summed E-state index contributed by atoms with van der Waals surface area (Å²) in [6.45, 7) is 0. The number of nitrogens with zero attached hydrogens (tertiary/aromatic N) is 3. The van der Waals surface area contributed by atoms with Gasteiger partial charge in [0, 0.05) is 6.42 Å². The van der Waals surface area contributed by atoms with Crippen LogP contribution < -0.4 is 0 Å². The first-order valence-electron chi connectivity index (χ1n) is 6.76. The Hall–Kier alpha value is -1.76. The van der Waals surface area contributed by atoms with Gasteiger partial charge in [0.05, 0.1) is 12.1 Å². The van der Waals surface area contributed by atoms with Crippen LogP contribution in [0.5, 0.6) is 0 Å². The summed E-state index contributed by atoms with van der Waals surface area (Å²) in [4.78, 5) is 0. The molecule has 2 aliphatic rings. The molecule has 1 fully saturated rings. The van der Waals surface area contributed by atoms with Crippen LogP contribution in [-0.4, -0.2) is 31.7 Å². The molecule has 0 spiro atoms. The molecule has 1 aromatic heterocycles. The van der Waals surface area contributed by atoms with E-state index in [9.17, 15) is 10.3 Å². The van der Waals surface area contributed by atoms with Crippen molar-refractivity contribution in [3.05, 3.63) is 47.3 Å². The molecule has 6 heteroatoms. The van der Waals surface area contributed by atoms with E-state index in [0.29, 0.717) is 30.7 Å². The summed E-state index contributed by atoms with van der Waals surface area (Å²) in [6, 6.07) is 9.09. The van der Waals surface area contributed by atoms with E-state index in [0.717, 1.165) is 5.56 Å². The first-order valence-corrected chi connectivity index (χ1v) is 6.76. The number of hydrogen-bond acceptors (Lipinski definition) is 6. The molecule has 0 bridgehead atoms. The highest BCUT2D eigenvalue weighted by Crippen LogP contribution is 2.50. The van der Waals surface area contributed by atoms with Crippen LogP contribution in [0, 0.1) is 0 Å². The normalized spacial score (nSPS) is 32.9.